The number of hydrogen-bond acceptors (Lipinski definition) is 5. The zero-order chi connectivity index (χ0) is 26.0. The number of amides is 1. The largest absolute Gasteiger partial charge is 0.416 e. The molecule has 1 saturated heterocycles. The monoisotopic (exact) mass is 509 g/mol. The zero-order valence-corrected chi connectivity index (χ0v) is 20.1. The predicted molar refractivity (Wildman–Crippen MR) is 137 cm³/mol. The summed E-state index contributed by atoms with van der Waals surface area (Å²) in [6.07, 6.45) is 0.906. The number of H-pyrrole nitrogens is 1. The lowest BCUT2D eigenvalue weighted by atomic mass is 10.1. The van der Waals surface area contributed by atoms with Crippen molar-refractivity contribution in [2.45, 2.75) is 32.0 Å². The Morgan fingerprint density at radius 1 is 1.16 bits per heavy atom. The van der Waals surface area contributed by atoms with Crippen molar-refractivity contribution in [3.05, 3.63) is 77.6 Å². The molecule has 192 valence electrons. The maximum absolute atomic E-state index is 13.4. The lowest BCUT2D eigenvalue weighted by molar-refractivity contribution is -0.137. The summed E-state index contributed by atoms with van der Waals surface area (Å²) in [4.78, 5) is 20.8. The number of anilines is 4. The van der Waals surface area contributed by atoms with Crippen LogP contribution in [0.25, 0.3) is 11.0 Å². The van der Waals surface area contributed by atoms with E-state index in [9.17, 15) is 18.0 Å². The van der Waals surface area contributed by atoms with Crippen molar-refractivity contribution in [2.24, 2.45) is 0 Å². The third kappa shape index (κ3) is 5.54. The minimum atomic E-state index is -4.44. The Morgan fingerprint density at radius 3 is 2.78 bits per heavy atom. The molecule has 0 radical (unpaired) electrons. The van der Waals surface area contributed by atoms with Crippen LogP contribution in [0.5, 0.6) is 0 Å². The van der Waals surface area contributed by atoms with Crippen LogP contribution in [0, 0.1) is 6.92 Å². The van der Waals surface area contributed by atoms with Gasteiger partial charge in [-0.25, -0.2) is 4.98 Å². The van der Waals surface area contributed by atoms with E-state index in [0.29, 0.717) is 40.5 Å². The molecule has 5 rings (SSSR count). The van der Waals surface area contributed by atoms with Crippen molar-refractivity contribution in [1.82, 2.24) is 9.97 Å². The number of fused-ring (bicyclic) bond motifs is 1. The van der Waals surface area contributed by atoms with E-state index < -0.39 is 11.7 Å². The number of carbonyl (C=O) groups excluding carboxylic acids is 1. The van der Waals surface area contributed by atoms with Crippen LogP contribution in [0.4, 0.5) is 35.9 Å². The van der Waals surface area contributed by atoms with Gasteiger partial charge in [0.05, 0.1) is 22.9 Å². The summed E-state index contributed by atoms with van der Waals surface area (Å²) >= 11 is 0. The van der Waals surface area contributed by atoms with Gasteiger partial charge in [0, 0.05) is 48.0 Å². The van der Waals surface area contributed by atoms with E-state index in [0.717, 1.165) is 42.5 Å². The minimum absolute atomic E-state index is 0.0823. The third-order valence-electron chi connectivity index (χ3n) is 6.33. The Labute approximate surface area is 211 Å². The summed E-state index contributed by atoms with van der Waals surface area (Å²) < 4.78 is 45.0. The molecule has 1 unspecified atom stereocenters. The van der Waals surface area contributed by atoms with Crippen LogP contribution in [-0.2, 0) is 10.9 Å². The number of pyridine rings is 1. The summed E-state index contributed by atoms with van der Waals surface area (Å²) in [6.45, 7) is 3.15. The summed E-state index contributed by atoms with van der Waals surface area (Å²) in [5, 5.41) is 10.1. The van der Waals surface area contributed by atoms with Crippen molar-refractivity contribution in [3.63, 3.8) is 0 Å². The van der Waals surface area contributed by atoms with Crippen LogP contribution in [0.15, 0.2) is 60.9 Å². The Morgan fingerprint density at radius 2 is 2.00 bits per heavy atom. The molecule has 2 aromatic heterocycles. The van der Waals surface area contributed by atoms with Gasteiger partial charge in [-0.15, -0.1) is 0 Å². The smallest absolute Gasteiger partial charge is 0.381 e. The number of rotatable bonds is 7. The molecule has 3 heterocycles. The van der Waals surface area contributed by atoms with Gasteiger partial charge in [0.2, 0.25) is 0 Å². The molecule has 2 aromatic carbocycles. The number of aryl methyl sites for hydroxylation is 1. The molecule has 4 aromatic rings. The summed E-state index contributed by atoms with van der Waals surface area (Å²) in [7, 11) is 0. The molecule has 1 fully saturated rings. The summed E-state index contributed by atoms with van der Waals surface area (Å²) in [5.41, 5.74) is 3.11. The zero-order valence-electron chi connectivity index (χ0n) is 20.1. The van der Waals surface area contributed by atoms with Crippen LogP contribution < -0.4 is 16.0 Å². The molecule has 1 aliphatic rings. The Kier molecular flexibility index (Phi) is 6.75. The van der Waals surface area contributed by atoms with Gasteiger partial charge in [-0.3, -0.25) is 4.79 Å². The molecule has 1 aliphatic heterocycles. The average molecular weight is 510 g/mol. The van der Waals surface area contributed by atoms with E-state index in [1.54, 1.807) is 30.5 Å². The van der Waals surface area contributed by atoms with Gasteiger partial charge in [0.15, 0.2) is 0 Å². The number of aromatic nitrogens is 2. The Hall–Kier alpha value is -4.05. The fourth-order valence-electron chi connectivity index (χ4n) is 4.36. The van der Waals surface area contributed by atoms with Crippen LogP contribution in [0.2, 0.25) is 0 Å². The molecule has 4 N–H and O–H groups in total. The molecule has 1 amide bonds. The first-order valence-electron chi connectivity index (χ1n) is 12.0. The number of benzene rings is 2. The van der Waals surface area contributed by atoms with Crippen molar-refractivity contribution in [3.8, 4) is 0 Å². The van der Waals surface area contributed by atoms with Gasteiger partial charge in [0.25, 0.3) is 5.91 Å². The molecule has 7 nitrogen and oxygen atoms in total. The number of nitrogens with one attached hydrogen (secondary N) is 4. The van der Waals surface area contributed by atoms with Gasteiger partial charge in [-0.05, 0) is 61.7 Å². The SMILES string of the molecule is Cc1ccc(Nc2cccc(C(F)(F)F)c2)cc1NC(=O)c1cnc2[nH]ccc2c1NCC1CCCO1. The van der Waals surface area contributed by atoms with Crippen molar-refractivity contribution >= 4 is 39.7 Å². The van der Waals surface area contributed by atoms with Gasteiger partial charge < -0.3 is 25.7 Å². The lowest BCUT2D eigenvalue weighted by Gasteiger charge is -2.17. The first-order chi connectivity index (χ1) is 17.8. The predicted octanol–water partition coefficient (Wildman–Crippen LogP) is 6.48. The number of alkyl halides is 3. The second-order valence-corrected chi connectivity index (χ2v) is 8.99. The summed E-state index contributed by atoms with van der Waals surface area (Å²) in [5.74, 6) is -0.357. The second kappa shape index (κ2) is 10.1. The highest BCUT2D eigenvalue weighted by Gasteiger charge is 2.30. The molecule has 1 atom stereocenters. The van der Waals surface area contributed by atoms with Gasteiger partial charge in [-0.2, -0.15) is 13.2 Å². The van der Waals surface area contributed by atoms with E-state index in [4.69, 9.17) is 4.74 Å². The molecule has 0 saturated carbocycles. The first-order valence-corrected chi connectivity index (χ1v) is 12.0. The maximum Gasteiger partial charge on any atom is 0.416 e. The highest BCUT2D eigenvalue weighted by molar-refractivity contribution is 6.12. The average Bonchev–Trinajstić information content (AvgIpc) is 3.56. The topological polar surface area (TPSA) is 91.1 Å². The molecule has 10 heteroatoms. The first kappa shape index (κ1) is 24.6. The number of nitrogens with zero attached hydrogens (tertiary/aromatic N) is 1. The Balaban J connectivity index is 1.38. The van der Waals surface area contributed by atoms with Crippen molar-refractivity contribution < 1.29 is 22.7 Å². The van der Waals surface area contributed by atoms with E-state index in [-0.39, 0.29) is 12.0 Å². The lowest BCUT2D eigenvalue weighted by Crippen LogP contribution is -2.21. The molecule has 37 heavy (non-hydrogen) atoms. The maximum atomic E-state index is 13.4. The van der Waals surface area contributed by atoms with Gasteiger partial charge in [0.1, 0.15) is 5.65 Å². The fraction of sp³-hybridized carbons (Fsp3) is 0.259. The van der Waals surface area contributed by atoms with Crippen LogP contribution in [0.1, 0.15) is 34.3 Å². The standard InChI is InChI=1S/C27H26F3N5O2/c1-16-7-8-19(34-18-5-2-4-17(12-18)27(28,29)30)13-23(16)35-26(36)22-15-33-25-21(9-10-31-25)24(22)32-14-20-6-3-11-37-20/h2,4-5,7-10,12-13,15,20,34H,3,6,11,14H2,1H3,(H,35,36)(H2,31,32,33). The normalized spacial score (nSPS) is 15.6. The molecular weight excluding hydrogens is 483 g/mol. The summed E-state index contributed by atoms with van der Waals surface area (Å²) in [6, 6.07) is 12.0. The number of halogens is 3. The highest BCUT2D eigenvalue weighted by atomic mass is 19.4. The second-order valence-electron chi connectivity index (χ2n) is 8.99. The molecule has 0 spiro atoms. The molecule has 0 bridgehead atoms. The van der Waals surface area contributed by atoms with E-state index in [2.05, 4.69) is 25.9 Å². The quantitative estimate of drug-likeness (QED) is 0.229. The van der Waals surface area contributed by atoms with E-state index >= 15 is 0 Å². The van der Waals surface area contributed by atoms with Crippen LogP contribution >= 0.6 is 0 Å². The number of hydrogen-bond donors (Lipinski definition) is 4. The molecular formula is C27H26F3N5O2. The number of carbonyl (C=O) groups is 1. The number of ether oxygens (including phenoxy) is 1. The van der Waals surface area contributed by atoms with Crippen molar-refractivity contribution in [1.29, 1.82) is 0 Å². The fourth-order valence-corrected chi connectivity index (χ4v) is 4.36. The minimum Gasteiger partial charge on any atom is -0.381 e. The van der Waals surface area contributed by atoms with Gasteiger partial charge >= 0.3 is 6.18 Å². The van der Waals surface area contributed by atoms with E-state index in [1.807, 2.05) is 13.0 Å². The Bertz CT molecular complexity index is 1430. The van der Waals surface area contributed by atoms with Gasteiger partial charge in [-0.1, -0.05) is 12.1 Å². The highest BCUT2D eigenvalue weighted by Crippen LogP contribution is 2.32. The van der Waals surface area contributed by atoms with Crippen LogP contribution in [0.3, 0.4) is 0 Å². The number of aromatic amines is 1. The van der Waals surface area contributed by atoms with Crippen LogP contribution in [-0.4, -0.2) is 35.1 Å². The van der Waals surface area contributed by atoms with E-state index in [1.165, 1.54) is 12.3 Å². The molecule has 0 aliphatic carbocycles. The van der Waals surface area contributed by atoms with Crippen molar-refractivity contribution in [2.75, 3.05) is 29.1 Å². The third-order valence-corrected chi connectivity index (χ3v) is 6.33.